The van der Waals surface area contributed by atoms with Crippen molar-refractivity contribution in [2.75, 3.05) is 19.8 Å². The highest BCUT2D eigenvalue weighted by Crippen LogP contribution is 2.50. The number of rotatable bonds is 11. The standard InChI is InChI=1S/C30H40O14/c1-15(2)9-23(35)44-28-24-19(17(12-40-28)13-41-29-27(38)26(37)25(36)20(11-31)42-29)10-21(30(24,39)14-32)43-22(34)8-5-16-3-6-18(33)7-4-16/h3-8,12,15,19-21,24-29,31-33,36-39H,9-11,13-14H2,1-2H3/t19-,20-,21+,24-,25-,26+,27-,28+,29-,30-/m0/s1. The first kappa shape index (κ1) is 33.8. The summed E-state index contributed by atoms with van der Waals surface area (Å²) in [5, 5.41) is 71.5. The van der Waals surface area contributed by atoms with Crippen molar-refractivity contribution in [1.29, 1.82) is 0 Å². The fraction of sp³-hybridized carbons (Fsp3) is 0.600. The SMILES string of the molecule is CC(C)CC(=O)O[C@H]1OC=C(CO[C@H]2O[C@@H](CO)[C@H](O)[C@@H](O)[C@@H]2O)[C@@H]2C[C@@H](OC(=O)C=Cc3ccc(O)cc3)[C@@](O)(CO)[C@H]12. The van der Waals surface area contributed by atoms with Crippen molar-refractivity contribution in [3.8, 4) is 5.75 Å². The first-order valence-electron chi connectivity index (χ1n) is 14.3. The number of benzene rings is 1. The number of aliphatic hydroxyl groups is 6. The Morgan fingerprint density at radius 3 is 2.39 bits per heavy atom. The zero-order chi connectivity index (χ0) is 32.2. The van der Waals surface area contributed by atoms with Crippen LogP contribution in [0, 0.1) is 17.8 Å². The molecule has 7 N–H and O–H groups in total. The lowest BCUT2D eigenvalue weighted by Gasteiger charge is -2.41. The predicted octanol–water partition coefficient (Wildman–Crippen LogP) is -0.677. The van der Waals surface area contributed by atoms with Gasteiger partial charge in [-0.05, 0) is 41.7 Å². The quantitative estimate of drug-likeness (QED) is 0.120. The van der Waals surface area contributed by atoms with E-state index in [1.807, 2.05) is 13.8 Å². The largest absolute Gasteiger partial charge is 0.508 e. The van der Waals surface area contributed by atoms with Crippen molar-refractivity contribution in [3.63, 3.8) is 0 Å². The second kappa shape index (κ2) is 14.3. The third kappa shape index (κ3) is 7.41. The molecule has 2 aliphatic heterocycles. The number of hydrogen-bond donors (Lipinski definition) is 7. The third-order valence-electron chi connectivity index (χ3n) is 8.06. The van der Waals surface area contributed by atoms with Gasteiger partial charge in [-0.1, -0.05) is 26.0 Å². The van der Waals surface area contributed by atoms with Crippen LogP contribution in [0.25, 0.3) is 6.08 Å². The number of aliphatic hydroxyl groups excluding tert-OH is 5. The van der Waals surface area contributed by atoms with E-state index < -0.39 is 85.7 Å². The van der Waals surface area contributed by atoms with E-state index in [4.69, 9.17) is 23.7 Å². The van der Waals surface area contributed by atoms with Gasteiger partial charge >= 0.3 is 11.9 Å². The number of fused-ring (bicyclic) bond motifs is 1. The number of ether oxygens (including phenoxy) is 5. The molecule has 3 aliphatic rings. The maximum absolute atomic E-state index is 12.8. The molecule has 14 heteroatoms. The summed E-state index contributed by atoms with van der Waals surface area (Å²) in [5.74, 6) is -3.24. The molecule has 0 aromatic heterocycles. The van der Waals surface area contributed by atoms with Crippen molar-refractivity contribution < 1.29 is 69.0 Å². The van der Waals surface area contributed by atoms with E-state index in [9.17, 15) is 45.3 Å². The summed E-state index contributed by atoms with van der Waals surface area (Å²) in [4.78, 5) is 25.3. The van der Waals surface area contributed by atoms with Crippen LogP contribution in [-0.4, -0.2) is 116 Å². The van der Waals surface area contributed by atoms with Crippen LogP contribution in [0.15, 0.2) is 42.2 Å². The minimum Gasteiger partial charge on any atom is -0.508 e. The Hall–Kier alpha value is -3.08. The third-order valence-corrected chi connectivity index (χ3v) is 8.06. The molecule has 44 heavy (non-hydrogen) atoms. The Morgan fingerprint density at radius 2 is 1.75 bits per heavy atom. The highest BCUT2D eigenvalue weighted by Gasteiger charge is 2.62. The summed E-state index contributed by atoms with van der Waals surface area (Å²) in [5.41, 5.74) is -1.15. The lowest BCUT2D eigenvalue weighted by atomic mass is 9.80. The molecule has 0 spiro atoms. The summed E-state index contributed by atoms with van der Waals surface area (Å²) < 4.78 is 27.9. The van der Waals surface area contributed by atoms with Gasteiger partial charge in [0.05, 0.1) is 32.0 Å². The summed E-state index contributed by atoms with van der Waals surface area (Å²) >= 11 is 0. The molecule has 0 amide bonds. The molecule has 0 unspecified atom stereocenters. The van der Waals surface area contributed by atoms with Gasteiger partial charge in [0.25, 0.3) is 0 Å². The van der Waals surface area contributed by atoms with E-state index in [-0.39, 0.29) is 31.1 Å². The van der Waals surface area contributed by atoms with Crippen LogP contribution in [0.1, 0.15) is 32.3 Å². The van der Waals surface area contributed by atoms with Crippen molar-refractivity contribution in [2.24, 2.45) is 17.8 Å². The average Bonchev–Trinajstić information content (AvgIpc) is 3.28. The summed E-state index contributed by atoms with van der Waals surface area (Å²) in [7, 11) is 0. The van der Waals surface area contributed by atoms with Crippen LogP contribution in [0.5, 0.6) is 5.75 Å². The van der Waals surface area contributed by atoms with E-state index in [0.717, 1.165) is 6.08 Å². The van der Waals surface area contributed by atoms with Gasteiger partial charge in [0.2, 0.25) is 6.29 Å². The maximum Gasteiger partial charge on any atom is 0.331 e. The van der Waals surface area contributed by atoms with Crippen LogP contribution in [0.4, 0.5) is 0 Å². The van der Waals surface area contributed by atoms with Crippen LogP contribution in [0.2, 0.25) is 0 Å². The Bertz CT molecular complexity index is 1200. The van der Waals surface area contributed by atoms with Crippen molar-refractivity contribution in [3.05, 3.63) is 47.7 Å². The molecular formula is C30H40O14. The van der Waals surface area contributed by atoms with Crippen LogP contribution in [0.3, 0.4) is 0 Å². The smallest absolute Gasteiger partial charge is 0.331 e. The topological polar surface area (TPSA) is 222 Å². The molecule has 1 aromatic rings. The van der Waals surface area contributed by atoms with Crippen molar-refractivity contribution in [2.45, 2.75) is 75.4 Å². The fourth-order valence-electron chi connectivity index (χ4n) is 5.70. The molecule has 0 bridgehead atoms. The molecule has 10 atom stereocenters. The summed E-state index contributed by atoms with van der Waals surface area (Å²) in [6, 6.07) is 6.04. The number of hydrogen-bond acceptors (Lipinski definition) is 14. The molecule has 4 rings (SSSR count). The Balaban J connectivity index is 1.54. The van der Waals surface area contributed by atoms with Gasteiger partial charge in [-0.15, -0.1) is 0 Å². The average molecular weight is 625 g/mol. The minimum absolute atomic E-state index is 0.0331. The van der Waals surface area contributed by atoms with E-state index in [1.54, 1.807) is 12.1 Å². The zero-order valence-electron chi connectivity index (χ0n) is 24.3. The molecule has 1 aromatic carbocycles. The first-order chi connectivity index (χ1) is 20.9. The van der Waals surface area contributed by atoms with E-state index in [0.29, 0.717) is 11.1 Å². The molecule has 2 heterocycles. The second-order valence-corrected chi connectivity index (χ2v) is 11.7. The highest BCUT2D eigenvalue weighted by atomic mass is 16.7. The molecule has 14 nitrogen and oxygen atoms in total. The number of aromatic hydroxyl groups is 1. The number of phenolic OH excluding ortho intramolecular Hbond substituents is 1. The molecule has 1 aliphatic carbocycles. The molecular weight excluding hydrogens is 584 g/mol. The summed E-state index contributed by atoms with van der Waals surface area (Å²) in [6.07, 6.45) is -6.33. The number of phenols is 1. The molecule has 2 fully saturated rings. The van der Waals surface area contributed by atoms with Crippen LogP contribution >= 0.6 is 0 Å². The van der Waals surface area contributed by atoms with Gasteiger partial charge < -0.3 is 59.4 Å². The van der Waals surface area contributed by atoms with Gasteiger partial charge in [-0.25, -0.2) is 4.79 Å². The molecule has 1 saturated carbocycles. The number of carbonyl (C=O) groups excluding carboxylic acids is 2. The maximum atomic E-state index is 12.8. The second-order valence-electron chi connectivity index (χ2n) is 11.7. The molecule has 0 radical (unpaired) electrons. The highest BCUT2D eigenvalue weighted by molar-refractivity contribution is 5.87. The Labute approximate surface area is 253 Å². The predicted molar refractivity (Wildman–Crippen MR) is 149 cm³/mol. The van der Waals surface area contributed by atoms with Gasteiger partial charge in [0.15, 0.2) is 6.29 Å². The summed E-state index contributed by atoms with van der Waals surface area (Å²) in [6.45, 7) is 1.81. The Morgan fingerprint density at radius 1 is 1.05 bits per heavy atom. The van der Waals surface area contributed by atoms with Crippen molar-refractivity contribution in [1.82, 2.24) is 0 Å². The molecule has 1 saturated heterocycles. The zero-order valence-corrected chi connectivity index (χ0v) is 24.3. The van der Waals surface area contributed by atoms with Gasteiger partial charge in [0, 0.05) is 18.4 Å². The number of esters is 2. The Kier molecular flexibility index (Phi) is 11.0. The fourth-order valence-corrected chi connectivity index (χ4v) is 5.70. The normalized spacial score (nSPS) is 35.2. The monoisotopic (exact) mass is 624 g/mol. The van der Waals surface area contributed by atoms with Crippen LogP contribution < -0.4 is 0 Å². The van der Waals surface area contributed by atoms with E-state index >= 15 is 0 Å². The lowest BCUT2D eigenvalue weighted by Crippen LogP contribution is -2.59. The van der Waals surface area contributed by atoms with Gasteiger partial charge in [-0.3, -0.25) is 4.79 Å². The van der Waals surface area contributed by atoms with E-state index in [2.05, 4.69) is 0 Å². The molecule has 244 valence electrons. The first-order valence-corrected chi connectivity index (χ1v) is 14.3. The lowest BCUT2D eigenvalue weighted by molar-refractivity contribution is -0.299. The van der Waals surface area contributed by atoms with Crippen molar-refractivity contribution >= 4 is 18.0 Å². The van der Waals surface area contributed by atoms with Gasteiger partial charge in [0.1, 0.15) is 41.9 Å². The number of carbonyl (C=O) groups is 2. The minimum atomic E-state index is -2.11. The van der Waals surface area contributed by atoms with E-state index in [1.165, 1.54) is 24.5 Å². The van der Waals surface area contributed by atoms with Gasteiger partial charge in [-0.2, -0.15) is 0 Å². The van der Waals surface area contributed by atoms with Crippen LogP contribution in [-0.2, 0) is 33.3 Å².